The van der Waals surface area contributed by atoms with Crippen molar-refractivity contribution in [2.24, 2.45) is 0 Å². The van der Waals surface area contributed by atoms with Gasteiger partial charge in [-0.15, -0.1) is 0 Å². The van der Waals surface area contributed by atoms with Crippen LogP contribution in [0.25, 0.3) is 0 Å². The fraction of sp³-hybridized carbons (Fsp3) is 0.417. The standard InChI is InChI=1S/C12H15NO2S/c1-8-6-9(7-16-8)13-11-5-3-2-4-10(11)12(14)15/h2-5,8-9,13H,6-7H2,1H3,(H,14,15). The molecule has 0 aliphatic carbocycles. The molecular formula is C12H15NO2S. The molecule has 0 amide bonds. The number of nitrogens with one attached hydrogen (secondary N) is 1. The van der Waals surface area contributed by atoms with E-state index in [0.717, 1.165) is 17.9 Å². The van der Waals surface area contributed by atoms with E-state index in [1.54, 1.807) is 12.1 Å². The molecule has 2 unspecified atom stereocenters. The number of carbonyl (C=O) groups is 1. The van der Waals surface area contributed by atoms with Crippen molar-refractivity contribution < 1.29 is 9.90 Å². The van der Waals surface area contributed by atoms with Crippen LogP contribution in [0.2, 0.25) is 0 Å². The minimum atomic E-state index is -0.873. The van der Waals surface area contributed by atoms with Crippen LogP contribution >= 0.6 is 11.8 Å². The van der Waals surface area contributed by atoms with E-state index in [1.165, 1.54) is 0 Å². The summed E-state index contributed by atoms with van der Waals surface area (Å²) in [6.45, 7) is 2.20. The molecule has 0 aromatic heterocycles. The quantitative estimate of drug-likeness (QED) is 0.848. The Balaban J connectivity index is 2.12. The lowest BCUT2D eigenvalue weighted by atomic mass is 10.1. The highest BCUT2D eigenvalue weighted by Crippen LogP contribution is 2.29. The molecule has 0 spiro atoms. The second kappa shape index (κ2) is 4.78. The number of aromatic carboxylic acids is 1. The monoisotopic (exact) mass is 237 g/mol. The van der Waals surface area contributed by atoms with Crippen molar-refractivity contribution in [1.82, 2.24) is 0 Å². The first-order valence-electron chi connectivity index (χ1n) is 5.37. The average molecular weight is 237 g/mol. The molecule has 2 N–H and O–H groups in total. The van der Waals surface area contributed by atoms with Gasteiger partial charge in [-0.25, -0.2) is 4.79 Å². The van der Waals surface area contributed by atoms with Gasteiger partial charge in [-0.3, -0.25) is 0 Å². The SMILES string of the molecule is CC1CC(Nc2ccccc2C(=O)O)CS1. The van der Waals surface area contributed by atoms with Crippen molar-refractivity contribution in [3.63, 3.8) is 0 Å². The van der Waals surface area contributed by atoms with E-state index in [2.05, 4.69) is 12.2 Å². The van der Waals surface area contributed by atoms with E-state index in [9.17, 15) is 4.79 Å². The Morgan fingerprint density at radius 3 is 2.88 bits per heavy atom. The van der Waals surface area contributed by atoms with Crippen LogP contribution in [-0.4, -0.2) is 28.1 Å². The van der Waals surface area contributed by atoms with Crippen molar-refractivity contribution in [2.75, 3.05) is 11.1 Å². The second-order valence-corrected chi connectivity index (χ2v) is 5.54. The zero-order valence-electron chi connectivity index (χ0n) is 9.14. The molecule has 2 atom stereocenters. The Hall–Kier alpha value is -1.16. The third kappa shape index (κ3) is 2.50. The van der Waals surface area contributed by atoms with E-state index >= 15 is 0 Å². The minimum absolute atomic E-state index is 0.354. The topological polar surface area (TPSA) is 49.3 Å². The minimum Gasteiger partial charge on any atom is -0.478 e. The Labute approximate surface area is 99.2 Å². The summed E-state index contributed by atoms with van der Waals surface area (Å²) in [5.74, 6) is 0.177. The molecule has 2 rings (SSSR count). The van der Waals surface area contributed by atoms with Gasteiger partial charge in [0.25, 0.3) is 0 Å². The number of thioether (sulfide) groups is 1. The Morgan fingerprint density at radius 2 is 2.25 bits per heavy atom. The van der Waals surface area contributed by atoms with E-state index in [0.29, 0.717) is 16.9 Å². The maximum absolute atomic E-state index is 11.0. The van der Waals surface area contributed by atoms with Gasteiger partial charge in [0, 0.05) is 22.7 Å². The van der Waals surface area contributed by atoms with Gasteiger partial charge in [0.1, 0.15) is 0 Å². The Bertz CT molecular complexity index is 394. The van der Waals surface area contributed by atoms with Gasteiger partial charge >= 0.3 is 5.97 Å². The van der Waals surface area contributed by atoms with E-state index < -0.39 is 5.97 Å². The molecule has 1 heterocycles. The molecular weight excluding hydrogens is 222 g/mol. The highest BCUT2D eigenvalue weighted by Gasteiger charge is 2.22. The van der Waals surface area contributed by atoms with Gasteiger partial charge in [-0.1, -0.05) is 19.1 Å². The molecule has 3 nitrogen and oxygen atoms in total. The van der Waals surface area contributed by atoms with Gasteiger partial charge in [-0.2, -0.15) is 11.8 Å². The number of hydrogen-bond acceptors (Lipinski definition) is 3. The molecule has 1 aliphatic rings. The largest absolute Gasteiger partial charge is 0.478 e. The molecule has 1 aliphatic heterocycles. The van der Waals surface area contributed by atoms with Crippen LogP contribution in [0.1, 0.15) is 23.7 Å². The lowest BCUT2D eigenvalue weighted by molar-refractivity contribution is 0.0698. The summed E-state index contributed by atoms with van der Waals surface area (Å²) in [6.07, 6.45) is 1.10. The third-order valence-electron chi connectivity index (χ3n) is 2.72. The van der Waals surface area contributed by atoms with Gasteiger partial charge < -0.3 is 10.4 Å². The van der Waals surface area contributed by atoms with Gasteiger partial charge in [0.05, 0.1) is 5.56 Å². The average Bonchev–Trinajstić information content (AvgIpc) is 2.64. The van der Waals surface area contributed by atoms with Crippen molar-refractivity contribution in [3.05, 3.63) is 29.8 Å². The van der Waals surface area contributed by atoms with Crippen LogP contribution in [-0.2, 0) is 0 Å². The number of rotatable bonds is 3. The number of carboxylic acid groups (broad SMARTS) is 1. The highest BCUT2D eigenvalue weighted by atomic mass is 32.2. The van der Waals surface area contributed by atoms with Gasteiger partial charge in [0.2, 0.25) is 0 Å². The van der Waals surface area contributed by atoms with E-state index in [-0.39, 0.29) is 0 Å². The molecule has 86 valence electrons. The maximum Gasteiger partial charge on any atom is 0.337 e. The lowest BCUT2D eigenvalue weighted by Gasteiger charge is -2.15. The summed E-state index contributed by atoms with van der Waals surface area (Å²) in [5.41, 5.74) is 1.08. The van der Waals surface area contributed by atoms with E-state index in [1.807, 2.05) is 23.9 Å². The molecule has 0 saturated carbocycles. The predicted octanol–water partition coefficient (Wildman–Crippen LogP) is 2.69. The van der Waals surface area contributed by atoms with Crippen LogP contribution in [0.3, 0.4) is 0 Å². The summed E-state index contributed by atoms with van der Waals surface area (Å²) >= 11 is 1.93. The molecule has 0 bridgehead atoms. The van der Waals surface area contributed by atoms with Crippen LogP contribution < -0.4 is 5.32 Å². The molecule has 4 heteroatoms. The summed E-state index contributed by atoms with van der Waals surface area (Å²) in [6, 6.07) is 7.47. The highest BCUT2D eigenvalue weighted by molar-refractivity contribution is 8.00. The second-order valence-electron chi connectivity index (χ2n) is 4.07. The first-order chi connectivity index (χ1) is 7.66. The maximum atomic E-state index is 11.0. The number of anilines is 1. The fourth-order valence-corrected chi connectivity index (χ4v) is 3.08. The predicted molar refractivity (Wildman–Crippen MR) is 67.3 cm³/mol. The number of hydrogen-bond donors (Lipinski definition) is 2. The first-order valence-corrected chi connectivity index (χ1v) is 6.42. The normalized spacial score (nSPS) is 24.3. The zero-order chi connectivity index (χ0) is 11.5. The molecule has 16 heavy (non-hydrogen) atoms. The zero-order valence-corrected chi connectivity index (χ0v) is 9.96. The molecule has 1 aromatic carbocycles. The number of carboxylic acids is 1. The van der Waals surface area contributed by atoms with E-state index in [4.69, 9.17) is 5.11 Å². The van der Waals surface area contributed by atoms with Crippen LogP contribution in [0.5, 0.6) is 0 Å². The molecule has 1 saturated heterocycles. The van der Waals surface area contributed by atoms with Crippen molar-refractivity contribution in [3.8, 4) is 0 Å². The third-order valence-corrected chi connectivity index (χ3v) is 4.07. The summed E-state index contributed by atoms with van der Waals surface area (Å²) in [7, 11) is 0. The molecule has 1 aromatic rings. The fourth-order valence-electron chi connectivity index (χ4n) is 1.93. The van der Waals surface area contributed by atoms with Crippen molar-refractivity contribution >= 4 is 23.4 Å². The lowest BCUT2D eigenvalue weighted by Crippen LogP contribution is -2.20. The van der Waals surface area contributed by atoms with Crippen molar-refractivity contribution in [2.45, 2.75) is 24.6 Å². The Kier molecular flexibility index (Phi) is 3.39. The number of benzene rings is 1. The summed E-state index contributed by atoms with van der Waals surface area (Å²) in [4.78, 5) is 11.0. The van der Waals surface area contributed by atoms with Gasteiger partial charge in [0.15, 0.2) is 0 Å². The Morgan fingerprint density at radius 1 is 1.50 bits per heavy atom. The summed E-state index contributed by atoms with van der Waals surface area (Å²) in [5, 5.41) is 13.0. The van der Waals surface area contributed by atoms with Crippen LogP contribution in [0.15, 0.2) is 24.3 Å². The molecule has 0 radical (unpaired) electrons. The first kappa shape index (κ1) is 11.3. The number of para-hydroxylation sites is 1. The van der Waals surface area contributed by atoms with Crippen LogP contribution in [0.4, 0.5) is 5.69 Å². The van der Waals surface area contributed by atoms with Crippen molar-refractivity contribution in [1.29, 1.82) is 0 Å². The van der Waals surface area contributed by atoms with Gasteiger partial charge in [-0.05, 0) is 18.6 Å². The van der Waals surface area contributed by atoms with Crippen LogP contribution in [0, 0.1) is 0 Å². The summed E-state index contributed by atoms with van der Waals surface area (Å²) < 4.78 is 0. The molecule has 1 fully saturated rings. The smallest absolute Gasteiger partial charge is 0.337 e.